The third kappa shape index (κ3) is 4.33. The molecule has 0 atom stereocenters. The van der Waals surface area contributed by atoms with Gasteiger partial charge in [-0.3, -0.25) is 9.89 Å². The summed E-state index contributed by atoms with van der Waals surface area (Å²) in [6.45, 7) is 2.68. The molecule has 1 aliphatic heterocycles. The lowest BCUT2D eigenvalue weighted by Crippen LogP contribution is -2.41. The quantitative estimate of drug-likeness (QED) is 0.510. The number of ether oxygens (including phenoxy) is 1. The Morgan fingerprint density at radius 1 is 1.06 bits per heavy atom. The minimum Gasteiger partial charge on any atom is -0.484 e. The average molecular weight is 415 g/mol. The van der Waals surface area contributed by atoms with Crippen LogP contribution in [-0.4, -0.2) is 45.3 Å². The van der Waals surface area contributed by atoms with Crippen molar-refractivity contribution < 1.29 is 9.53 Å². The number of carbonyl (C=O) groups excluding carboxylic acids is 1. The van der Waals surface area contributed by atoms with Gasteiger partial charge in [0.15, 0.2) is 6.61 Å². The number of aromatic amines is 1. The molecule has 0 bridgehead atoms. The second-order valence-corrected chi connectivity index (χ2v) is 8.15. The zero-order valence-corrected chi connectivity index (χ0v) is 17.4. The second-order valence-electron chi connectivity index (χ2n) is 8.15. The van der Waals surface area contributed by atoms with E-state index in [-0.39, 0.29) is 12.5 Å². The summed E-state index contributed by atoms with van der Waals surface area (Å²) in [6.07, 6.45) is 7.97. The molecule has 4 aromatic rings. The number of nitrogens with zero attached hydrogens (tertiary/aromatic N) is 3. The molecule has 1 aliphatic rings. The molecular formula is C25H26N4O2. The van der Waals surface area contributed by atoms with E-state index < -0.39 is 0 Å². The van der Waals surface area contributed by atoms with Gasteiger partial charge in [0.25, 0.3) is 5.91 Å². The maximum atomic E-state index is 12.5. The van der Waals surface area contributed by atoms with Crippen LogP contribution in [-0.2, 0) is 11.3 Å². The van der Waals surface area contributed by atoms with Gasteiger partial charge in [0.1, 0.15) is 5.75 Å². The summed E-state index contributed by atoms with van der Waals surface area (Å²) >= 11 is 0. The van der Waals surface area contributed by atoms with E-state index in [1.54, 1.807) is 0 Å². The predicted octanol–water partition coefficient (Wildman–Crippen LogP) is 4.35. The summed E-state index contributed by atoms with van der Waals surface area (Å²) in [6, 6.07) is 18.2. The lowest BCUT2D eigenvalue weighted by molar-refractivity contribution is -0.134. The Bertz CT molecular complexity index is 1140. The fourth-order valence-corrected chi connectivity index (χ4v) is 4.34. The maximum Gasteiger partial charge on any atom is 0.260 e. The van der Waals surface area contributed by atoms with Gasteiger partial charge in [-0.15, -0.1) is 0 Å². The summed E-state index contributed by atoms with van der Waals surface area (Å²) in [5.41, 5.74) is 3.52. The predicted molar refractivity (Wildman–Crippen MR) is 121 cm³/mol. The van der Waals surface area contributed by atoms with E-state index >= 15 is 0 Å². The van der Waals surface area contributed by atoms with Gasteiger partial charge in [0.05, 0.1) is 6.20 Å². The Morgan fingerprint density at radius 2 is 1.90 bits per heavy atom. The molecule has 0 radical (unpaired) electrons. The largest absolute Gasteiger partial charge is 0.484 e. The van der Waals surface area contributed by atoms with E-state index in [1.807, 2.05) is 47.6 Å². The number of aromatic nitrogens is 3. The zero-order chi connectivity index (χ0) is 21.0. The molecule has 0 spiro atoms. The van der Waals surface area contributed by atoms with Crippen LogP contribution >= 0.6 is 0 Å². The number of H-pyrrole nitrogens is 1. The molecule has 2 aromatic carbocycles. The van der Waals surface area contributed by atoms with Gasteiger partial charge in [0, 0.05) is 48.5 Å². The Kier molecular flexibility index (Phi) is 5.44. The highest BCUT2D eigenvalue weighted by Gasteiger charge is 2.23. The van der Waals surface area contributed by atoms with Crippen LogP contribution in [0.3, 0.4) is 0 Å². The van der Waals surface area contributed by atoms with E-state index in [1.165, 1.54) is 16.5 Å². The van der Waals surface area contributed by atoms with E-state index in [0.29, 0.717) is 5.92 Å². The molecule has 5 rings (SSSR count). The third-order valence-electron chi connectivity index (χ3n) is 6.13. The SMILES string of the molecule is O=C(COc1ccccc1)N1CCC(Cn2ccc3cc(-c4cn[nH]c4)ccc32)CC1. The number of hydrogen-bond acceptors (Lipinski definition) is 3. The van der Waals surface area contributed by atoms with Crippen molar-refractivity contribution >= 4 is 16.8 Å². The molecular weight excluding hydrogens is 388 g/mol. The fourth-order valence-electron chi connectivity index (χ4n) is 4.34. The standard InChI is InChI=1S/C25H26N4O2/c30-25(18-31-23-4-2-1-3-5-23)28-11-8-19(9-12-28)17-29-13-10-21-14-20(6-7-24(21)29)22-15-26-27-16-22/h1-7,10,13-16,19H,8-9,11-12,17-18H2,(H,26,27). The van der Waals surface area contributed by atoms with Gasteiger partial charge in [-0.05, 0) is 54.7 Å². The van der Waals surface area contributed by atoms with Crippen LogP contribution in [0.2, 0.25) is 0 Å². The maximum absolute atomic E-state index is 12.5. The zero-order valence-electron chi connectivity index (χ0n) is 17.4. The van der Waals surface area contributed by atoms with Crippen molar-refractivity contribution in [1.82, 2.24) is 19.7 Å². The molecule has 1 amide bonds. The van der Waals surface area contributed by atoms with Crippen molar-refractivity contribution in [2.45, 2.75) is 19.4 Å². The average Bonchev–Trinajstić information content (AvgIpc) is 3.49. The smallest absolute Gasteiger partial charge is 0.260 e. The summed E-state index contributed by atoms with van der Waals surface area (Å²) in [5.74, 6) is 1.38. The number of rotatable bonds is 6. The molecule has 0 aliphatic carbocycles. The highest BCUT2D eigenvalue weighted by atomic mass is 16.5. The first-order valence-electron chi connectivity index (χ1n) is 10.8. The van der Waals surface area contributed by atoms with Crippen molar-refractivity contribution in [3.05, 3.63) is 73.2 Å². The number of fused-ring (bicyclic) bond motifs is 1. The molecule has 0 unspecified atom stereocenters. The second kappa shape index (κ2) is 8.68. The van der Waals surface area contributed by atoms with Gasteiger partial charge >= 0.3 is 0 Å². The molecule has 3 heterocycles. The van der Waals surface area contributed by atoms with Crippen molar-refractivity contribution in [3.63, 3.8) is 0 Å². The number of carbonyl (C=O) groups is 1. The normalized spacial score (nSPS) is 14.8. The molecule has 6 nitrogen and oxygen atoms in total. The van der Waals surface area contributed by atoms with E-state index in [4.69, 9.17) is 4.74 Å². The minimum atomic E-state index is 0.0699. The fraction of sp³-hybridized carbons (Fsp3) is 0.280. The van der Waals surface area contributed by atoms with Crippen molar-refractivity contribution in [2.24, 2.45) is 5.92 Å². The molecule has 2 aromatic heterocycles. The van der Waals surface area contributed by atoms with Crippen LogP contribution in [0.25, 0.3) is 22.0 Å². The summed E-state index contributed by atoms with van der Waals surface area (Å²) < 4.78 is 7.96. The van der Waals surface area contributed by atoms with Gasteiger partial charge < -0.3 is 14.2 Å². The van der Waals surface area contributed by atoms with Crippen LogP contribution in [0, 0.1) is 5.92 Å². The van der Waals surface area contributed by atoms with Gasteiger partial charge in [0.2, 0.25) is 0 Å². The van der Waals surface area contributed by atoms with Gasteiger partial charge in [-0.25, -0.2) is 0 Å². The van der Waals surface area contributed by atoms with Crippen LogP contribution in [0.1, 0.15) is 12.8 Å². The monoisotopic (exact) mass is 414 g/mol. The lowest BCUT2D eigenvalue weighted by atomic mass is 9.96. The first-order valence-corrected chi connectivity index (χ1v) is 10.8. The van der Waals surface area contributed by atoms with Crippen molar-refractivity contribution in [2.75, 3.05) is 19.7 Å². The van der Waals surface area contributed by atoms with Crippen LogP contribution in [0.5, 0.6) is 5.75 Å². The summed E-state index contributed by atoms with van der Waals surface area (Å²) in [7, 11) is 0. The van der Waals surface area contributed by atoms with E-state index in [9.17, 15) is 4.79 Å². The van der Waals surface area contributed by atoms with E-state index in [2.05, 4.69) is 45.2 Å². The number of hydrogen-bond donors (Lipinski definition) is 1. The number of nitrogens with one attached hydrogen (secondary N) is 1. The Morgan fingerprint density at radius 3 is 2.68 bits per heavy atom. The highest BCUT2D eigenvalue weighted by molar-refractivity contribution is 5.85. The number of likely N-dealkylation sites (tertiary alicyclic amines) is 1. The number of benzene rings is 2. The van der Waals surface area contributed by atoms with Gasteiger partial charge in [-0.1, -0.05) is 24.3 Å². The highest BCUT2D eigenvalue weighted by Crippen LogP contribution is 2.27. The third-order valence-corrected chi connectivity index (χ3v) is 6.13. The minimum absolute atomic E-state index is 0.0699. The molecule has 6 heteroatoms. The van der Waals surface area contributed by atoms with Gasteiger partial charge in [-0.2, -0.15) is 5.10 Å². The number of para-hydroxylation sites is 1. The molecule has 1 fully saturated rings. The molecule has 31 heavy (non-hydrogen) atoms. The Hall–Kier alpha value is -3.54. The van der Waals surface area contributed by atoms with Crippen LogP contribution < -0.4 is 4.74 Å². The molecule has 158 valence electrons. The van der Waals surface area contributed by atoms with Crippen molar-refractivity contribution in [3.8, 4) is 16.9 Å². The molecule has 0 saturated carbocycles. The summed E-state index contributed by atoms with van der Waals surface area (Å²) in [4.78, 5) is 14.4. The molecule has 1 saturated heterocycles. The van der Waals surface area contributed by atoms with Crippen molar-refractivity contribution in [1.29, 1.82) is 0 Å². The Labute approximate surface area is 181 Å². The van der Waals surface area contributed by atoms with E-state index in [0.717, 1.165) is 43.8 Å². The Balaban J connectivity index is 1.16. The lowest BCUT2D eigenvalue weighted by Gasteiger charge is -2.32. The number of amides is 1. The first-order chi connectivity index (χ1) is 15.3. The topological polar surface area (TPSA) is 63.1 Å². The summed E-state index contributed by atoms with van der Waals surface area (Å²) in [5, 5.41) is 8.15. The number of piperidine rings is 1. The molecule has 1 N–H and O–H groups in total. The van der Waals surface area contributed by atoms with Crippen LogP contribution in [0.4, 0.5) is 0 Å². The van der Waals surface area contributed by atoms with Crippen LogP contribution in [0.15, 0.2) is 73.2 Å². The first kappa shape index (κ1) is 19.4.